The number of alkyl halides is 1. The molecule has 0 bridgehead atoms. The fourth-order valence-electron chi connectivity index (χ4n) is 2.55. The van der Waals surface area contributed by atoms with E-state index in [9.17, 15) is 18.0 Å². The Balaban J connectivity index is 2.08. The van der Waals surface area contributed by atoms with Gasteiger partial charge in [-0.25, -0.2) is 13.2 Å². The van der Waals surface area contributed by atoms with E-state index in [2.05, 4.69) is 5.32 Å². The van der Waals surface area contributed by atoms with Crippen LogP contribution in [-0.2, 0) is 4.79 Å². The molecule has 0 saturated carbocycles. The van der Waals surface area contributed by atoms with E-state index in [4.69, 9.17) is 0 Å². The Morgan fingerprint density at radius 2 is 1.77 bits per heavy atom. The zero-order chi connectivity index (χ0) is 15.7. The maximum atomic E-state index is 13.5. The third-order valence-electron chi connectivity index (χ3n) is 3.58. The van der Waals surface area contributed by atoms with Crippen molar-refractivity contribution in [2.24, 2.45) is 0 Å². The second-order valence-corrected chi connectivity index (χ2v) is 4.95. The van der Waals surface area contributed by atoms with Crippen molar-refractivity contribution in [3.8, 4) is 0 Å². The van der Waals surface area contributed by atoms with Gasteiger partial charge in [-0.3, -0.25) is 4.79 Å². The predicted octanol–water partition coefficient (Wildman–Crippen LogP) is 3.43. The molecule has 1 aliphatic rings. The van der Waals surface area contributed by atoms with E-state index in [1.54, 1.807) is 30.3 Å². The molecule has 0 aliphatic carbocycles. The number of fused-ring (bicyclic) bond motifs is 1. The first-order valence-electron chi connectivity index (χ1n) is 6.79. The fraction of sp³-hybridized carbons (Fsp3) is 0.188. The molecule has 0 saturated heterocycles. The summed E-state index contributed by atoms with van der Waals surface area (Å²) in [4.78, 5) is 13.7. The minimum Gasteiger partial charge on any atom is -0.368 e. The van der Waals surface area contributed by atoms with Gasteiger partial charge in [0.1, 0.15) is 12.7 Å². The average Bonchev–Trinajstić information content (AvgIpc) is 2.53. The van der Waals surface area contributed by atoms with Crippen LogP contribution in [0.15, 0.2) is 42.5 Å². The Bertz CT molecular complexity index is 706. The highest BCUT2D eigenvalue weighted by molar-refractivity contribution is 6.05. The van der Waals surface area contributed by atoms with E-state index >= 15 is 0 Å². The Morgan fingerprint density at radius 3 is 2.45 bits per heavy atom. The lowest BCUT2D eigenvalue weighted by molar-refractivity contribution is -0.119. The average molecular weight is 306 g/mol. The van der Waals surface area contributed by atoms with Gasteiger partial charge in [0.25, 0.3) is 5.91 Å². The summed E-state index contributed by atoms with van der Waals surface area (Å²) in [6.07, 6.45) is 0. The number of rotatable bonds is 3. The largest absolute Gasteiger partial charge is 0.368 e. The summed E-state index contributed by atoms with van der Waals surface area (Å²) < 4.78 is 39.7. The van der Waals surface area contributed by atoms with E-state index in [0.29, 0.717) is 5.56 Å². The van der Waals surface area contributed by atoms with Crippen molar-refractivity contribution in [3.05, 3.63) is 59.7 Å². The van der Waals surface area contributed by atoms with Crippen molar-refractivity contribution in [1.82, 2.24) is 0 Å². The van der Waals surface area contributed by atoms with Gasteiger partial charge in [-0.15, -0.1) is 0 Å². The third kappa shape index (κ3) is 2.41. The Morgan fingerprint density at radius 1 is 1.09 bits per heavy atom. The summed E-state index contributed by atoms with van der Waals surface area (Å²) in [6.45, 7) is -0.979. The minimum atomic E-state index is -1.07. The molecule has 1 heterocycles. The minimum absolute atomic E-state index is 0.147. The van der Waals surface area contributed by atoms with E-state index in [1.165, 1.54) is 0 Å². The van der Waals surface area contributed by atoms with Crippen LogP contribution in [0.25, 0.3) is 0 Å². The molecule has 0 fully saturated rings. The van der Waals surface area contributed by atoms with Crippen molar-refractivity contribution >= 4 is 17.3 Å². The van der Waals surface area contributed by atoms with Crippen LogP contribution in [0.2, 0.25) is 0 Å². The number of hydrogen-bond donors (Lipinski definition) is 1. The fourth-order valence-corrected chi connectivity index (χ4v) is 2.55. The molecule has 0 aromatic heterocycles. The summed E-state index contributed by atoms with van der Waals surface area (Å²) in [5.41, 5.74) is 1.08. The monoisotopic (exact) mass is 306 g/mol. The van der Waals surface area contributed by atoms with Crippen LogP contribution in [0.3, 0.4) is 0 Å². The summed E-state index contributed by atoms with van der Waals surface area (Å²) in [5.74, 6) is -2.50. The van der Waals surface area contributed by atoms with Gasteiger partial charge in [0.2, 0.25) is 0 Å². The van der Waals surface area contributed by atoms with Crippen molar-refractivity contribution in [3.63, 3.8) is 0 Å². The van der Waals surface area contributed by atoms with E-state index in [0.717, 1.165) is 17.0 Å². The number of hydrogen-bond acceptors (Lipinski definition) is 2. The second-order valence-electron chi connectivity index (χ2n) is 4.95. The van der Waals surface area contributed by atoms with Crippen LogP contribution < -0.4 is 10.2 Å². The molecule has 22 heavy (non-hydrogen) atoms. The zero-order valence-corrected chi connectivity index (χ0v) is 11.5. The molecular formula is C16H13F3N2O. The maximum Gasteiger partial charge on any atom is 0.254 e. The van der Waals surface area contributed by atoms with Gasteiger partial charge in [-0.05, 0) is 5.56 Å². The standard InChI is InChI=1S/C16H13F3N2O/c17-6-7-21-14-9-12(19)11(18)8-13(14)20-15(16(21)22)10-4-2-1-3-5-10/h1-5,8-9,15,20H,6-7H2. The Labute approximate surface area is 125 Å². The van der Waals surface area contributed by atoms with Gasteiger partial charge < -0.3 is 10.2 Å². The highest BCUT2D eigenvalue weighted by Gasteiger charge is 2.34. The van der Waals surface area contributed by atoms with Crippen molar-refractivity contribution in [2.75, 3.05) is 23.4 Å². The molecule has 114 valence electrons. The first kappa shape index (κ1) is 14.4. The van der Waals surface area contributed by atoms with Gasteiger partial charge in [-0.1, -0.05) is 30.3 Å². The smallest absolute Gasteiger partial charge is 0.254 e. The Hall–Kier alpha value is -2.50. The van der Waals surface area contributed by atoms with Crippen LogP contribution in [-0.4, -0.2) is 19.1 Å². The van der Waals surface area contributed by atoms with E-state index in [1.807, 2.05) is 0 Å². The highest BCUT2D eigenvalue weighted by atomic mass is 19.2. The third-order valence-corrected chi connectivity index (χ3v) is 3.58. The number of carbonyl (C=O) groups excluding carboxylic acids is 1. The number of amides is 1. The maximum absolute atomic E-state index is 13.5. The second kappa shape index (κ2) is 5.71. The lowest BCUT2D eigenvalue weighted by atomic mass is 10.0. The van der Waals surface area contributed by atoms with E-state index < -0.39 is 30.3 Å². The molecule has 1 N–H and O–H groups in total. The van der Waals surface area contributed by atoms with Gasteiger partial charge in [0.05, 0.1) is 17.9 Å². The molecule has 2 aromatic rings. The van der Waals surface area contributed by atoms with Crippen molar-refractivity contribution in [1.29, 1.82) is 0 Å². The highest BCUT2D eigenvalue weighted by Crippen LogP contribution is 2.37. The topological polar surface area (TPSA) is 32.3 Å². The molecule has 1 aliphatic heterocycles. The number of benzene rings is 2. The van der Waals surface area contributed by atoms with Crippen LogP contribution in [0.5, 0.6) is 0 Å². The van der Waals surface area contributed by atoms with Gasteiger partial charge in [0, 0.05) is 12.1 Å². The lowest BCUT2D eigenvalue weighted by Crippen LogP contribution is -2.43. The summed E-state index contributed by atoms with van der Waals surface area (Å²) in [5, 5.41) is 2.90. The molecule has 0 radical (unpaired) electrons. The van der Waals surface area contributed by atoms with Gasteiger partial charge in [0.15, 0.2) is 11.6 Å². The predicted molar refractivity (Wildman–Crippen MR) is 77.5 cm³/mol. The number of anilines is 2. The number of carbonyl (C=O) groups is 1. The van der Waals surface area contributed by atoms with E-state index in [-0.39, 0.29) is 17.9 Å². The summed E-state index contributed by atoms with van der Waals surface area (Å²) in [6, 6.07) is 9.96. The normalized spacial score (nSPS) is 17.1. The quantitative estimate of drug-likeness (QED) is 0.942. The zero-order valence-electron chi connectivity index (χ0n) is 11.5. The number of nitrogens with zero attached hydrogens (tertiary/aromatic N) is 1. The Kier molecular flexibility index (Phi) is 3.75. The number of halogens is 3. The van der Waals surface area contributed by atoms with Crippen molar-refractivity contribution in [2.45, 2.75) is 6.04 Å². The molecule has 1 atom stereocenters. The van der Waals surface area contributed by atoms with Gasteiger partial charge >= 0.3 is 0 Å². The molecular weight excluding hydrogens is 293 g/mol. The SMILES string of the molecule is O=C1C(c2ccccc2)Nc2cc(F)c(F)cc2N1CCF. The molecule has 2 aromatic carbocycles. The first-order chi connectivity index (χ1) is 10.6. The summed E-state index contributed by atoms with van der Waals surface area (Å²) in [7, 11) is 0. The molecule has 3 nitrogen and oxygen atoms in total. The molecule has 1 amide bonds. The molecule has 6 heteroatoms. The van der Waals surface area contributed by atoms with Crippen LogP contribution >= 0.6 is 0 Å². The summed E-state index contributed by atoms with van der Waals surface area (Å²) >= 11 is 0. The van der Waals surface area contributed by atoms with Gasteiger partial charge in [-0.2, -0.15) is 0 Å². The van der Waals surface area contributed by atoms with Crippen molar-refractivity contribution < 1.29 is 18.0 Å². The molecule has 3 rings (SSSR count). The van der Waals surface area contributed by atoms with Crippen LogP contribution in [0, 0.1) is 11.6 Å². The number of nitrogens with one attached hydrogen (secondary N) is 1. The molecule has 1 unspecified atom stereocenters. The molecule has 0 spiro atoms. The van der Waals surface area contributed by atoms with Crippen LogP contribution in [0.4, 0.5) is 24.5 Å². The lowest BCUT2D eigenvalue weighted by Gasteiger charge is -2.35. The van der Waals surface area contributed by atoms with Crippen LogP contribution in [0.1, 0.15) is 11.6 Å². The first-order valence-corrected chi connectivity index (χ1v) is 6.79.